The first-order chi connectivity index (χ1) is 7.54. The Hall–Kier alpha value is -1.03. The average Bonchev–Trinajstić information content (AvgIpc) is 2.25. The first-order valence-corrected chi connectivity index (χ1v) is 5.88. The molecule has 0 N–H and O–H groups in total. The minimum atomic E-state index is 0.0777. The van der Waals surface area contributed by atoms with Gasteiger partial charge in [0.2, 0.25) is 5.91 Å². The second-order valence-electron chi connectivity index (χ2n) is 3.65. The number of methoxy groups -OCH3 is 1. The molecule has 0 atom stereocenters. The zero-order valence-corrected chi connectivity index (χ0v) is 11.4. The van der Waals surface area contributed by atoms with E-state index in [9.17, 15) is 4.79 Å². The molecule has 0 radical (unpaired) electrons. The molecule has 0 aliphatic rings. The summed E-state index contributed by atoms with van der Waals surface area (Å²) in [6.07, 6.45) is 0.790. The summed E-state index contributed by atoms with van der Waals surface area (Å²) in [7, 11) is 3.45. The number of carbonyl (C=O) groups excluding carboxylic acids is 1. The Morgan fingerprint density at radius 2 is 2.19 bits per heavy atom. The second kappa shape index (κ2) is 5.89. The highest BCUT2D eigenvalue weighted by atomic mass is 79.9. The molecule has 0 saturated carbocycles. The summed E-state index contributed by atoms with van der Waals surface area (Å²) in [6.45, 7) is 2.26. The van der Waals surface area contributed by atoms with Gasteiger partial charge >= 0.3 is 0 Å². The summed E-state index contributed by atoms with van der Waals surface area (Å²) in [6, 6.07) is 5.89. The van der Waals surface area contributed by atoms with E-state index >= 15 is 0 Å². The van der Waals surface area contributed by atoms with Gasteiger partial charge in [-0.05, 0) is 30.2 Å². The van der Waals surface area contributed by atoms with Crippen LogP contribution in [-0.2, 0) is 11.2 Å². The van der Waals surface area contributed by atoms with E-state index in [4.69, 9.17) is 4.74 Å². The van der Waals surface area contributed by atoms with Crippen molar-refractivity contribution >= 4 is 21.8 Å². The third-order valence-electron chi connectivity index (χ3n) is 2.50. The number of nitrogens with zero attached hydrogens (tertiary/aromatic N) is 1. The number of carbonyl (C=O) groups is 1. The lowest BCUT2D eigenvalue weighted by Crippen LogP contribution is -2.26. The minimum Gasteiger partial charge on any atom is -0.496 e. The molecule has 1 aromatic rings. The van der Waals surface area contributed by atoms with Crippen LogP contribution in [0, 0.1) is 0 Å². The van der Waals surface area contributed by atoms with E-state index in [2.05, 4.69) is 15.9 Å². The highest BCUT2D eigenvalue weighted by Gasteiger charge is 2.07. The van der Waals surface area contributed by atoms with Gasteiger partial charge in [0.15, 0.2) is 0 Å². The first kappa shape index (κ1) is 13.0. The normalized spacial score (nSPS) is 10.0. The predicted molar refractivity (Wildman–Crippen MR) is 67.7 cm³/mol. The Kier molecular flexibility index (Phi) is 4.80. The van der Waals surface area contributed by atoms with Gasteiger partial charge < -0.3 is 9.64 Å². The van der Waals surface area contributed by atoms with E-state index in [1.165, 1.54) is 0 Å². The smallest absolute Gasteiger partial charge is 0.219 e. The number of hydrogen-bond acceptors (Lipinski definition) is 2. The molecular weight excluding hydrogens is 270 g/mol. The number of rotatable bonds is 4. The molecule has 0 saturated heterocycles. The van der Waals surface area contributed by atoms with Crippen molar-refractivity contribution in [2.75, 3.05) is 20.7 Å². The van der Waals surface area contributed by atoms with E-state index in [1.807, 2.05) is 18.2 Å². The molecule has 0 aromatic heterocycles. The fourth-order valence-electron chi connectivity index (χ4n) is 1.39. The van der Waals surface area contributed by atoms with Gasteiger partial charge in [0.1, 0.15) is 5.75 Å². The van der Waals surface area contributed by atoms with Gasteiger partial charge in [-0.2, -0.15) is 0 Å². The molecule has 1 rings (SSSR count). The van der Waals surface area contributed by atoms with Crippen molar-refractivity contribution < 1.29 is 9.53 Å². The zero-order valence-electron chi connectivity index (χ0n) is 9.79. The van der Waals surface area contributed by atoms with E-state index in [1.54, 1.807) is 26.0 Å². The first-order valence-electron chi connectivity index (χ1n) is 5.08. The van der Waals surface area contributed by atoms with Crippen molar-refractivity contribution in [2.45, 2.75) is 13.3 Å². The van der Waals surface area contributed by atoms with Gasteiger partial charge in [-0.1, -0.05) is 15.9 Å². The number of amides is 1. The Morgan fingerprint density at radius 1 is 1.50 bits per heavy atom. The van der Waals surface area contributed by atoms with Gasteiger partial charge in [-0.3, -0.25) is 4.79 Å². The standard InChI is InChI=1S/C12H16BrNO2/c1-9(15)14(2)7-6-10-8-11(13)4-5-12(10)16-3/h4-5,8H,6-7H2,1-3H3. The van der Waals surface area contributed by atoms with Crippen LogP contribution in [0.2, 0.25) is 0 Å². The van der Waals surface area contributed by atoms with Crippen molar-refractivity contribution in [3.8, 4) is 5.75 Å². The van der Waals surface area contributed by atoms with Gasteiger partial charge in [0, 0.05) is 25.0 Å². The number of halogens is 1. The highest BCUT2D eigenvalue weighted by molar-refractivity contribution is 9.10. The van der Waals surface area contributed by atoms with Crippen molar-refractivity contribution in [1.29, 1.82) is 0 Å². The molecule has 0 aliphatic heterocycles. The molecule has 1 amide bonds. The van der Waals surface area contributed by atoms with Crippen LogP contribution in [0.25, 0.3) is 0 Å². The van der Waals surface area contributed by atoms with E-state index in [0.29, 0.717) is 6.54 Å². The van der Waals surface area contributed by atoms with Crippen LogP contribution in [0.15, 0.2) is 22.7 Å². The van der Waals surface area contributed by atoms with Gasteiger partial charge in [-0.15, -0.1) is 0 Å². The second-order valence-corrected chi connectivity index (χ2v) is 4.56. The van der Waals surface area contributed by atoms with Crippen LogP contribution < -0.4 is 4.74 Å². The van der Waals surface area contributed by atoms with Crippen LogP contribution in [0.1, 0.15) is 12.5 Å². The van der Waals surface area contributed by atoms with Gasteiger partial charge in [0.05, 0.1) is 7.11 Å². The predicted octanol–water partition coefficient (Wildman–Crippen LogP) is 2.48. The lowest BCUT2D eigenvalue weighted by molar-refractivity contribution is -0.127. The third kappa shape index (κ3) is 3.52. The molecule has 1 aromatic carbocycles. The number of hydrogen-bond donors (Lipinski definition) is 0. The SMILES string of the molecule is COc1ccc(Br)cc1CCN(C)C(C)=O. The molecule has 0 aliphatic carbocycles. The Balaban J connectivity index is 2.72. The molecule has 0 unspecified atom stereocenters. The summed E-state index contributed by atoms with van der Waals surface area (Å²) >= 11 is 3.43. The summed E-state index contributed by atoms with van der Waals surface area (Å²) in [5, 5.41) is 0. The maximum Gasteiger partial charge on any atom is 0.219 e. The van der Waals surface area contributed by atoms with Crippen LogP contribution >= 0.6 is 15.9 Å². The summed E-state index contributed by atoms with van der Waals surface area (Å²) in [4.78, 5) is 12.8. The molecule has 0 heterocycles. The summed E-state index contributed by atoms with van der Waals surface area (Å²) < 4.78 is 6.29. The van der Waals surface area contributed by atoms with E-state index < -0.39 is 0 Å². The lowest BCUT2D eigenvalue weighted by atomic mass is 10.1. The fraction of sp³-hybridized carbons (Fsp3) is 0.417. The number of ether oxygens (including phenoxy) is 1. The molecular formula is C12H16BrNO2. The zero-order chi connectivity index (χ0) is 12.1. The maximum absolute atomic E-state index is 11.1. The van der Waals surface area contributed by atoms with Gasteiger partial charge in [0.25, 0.3) is 0 Å². The largest absolute Gasteiger partial charge is 0.496 e. The van der Waals surface area contributed by atoms with Crippen molar-refractivity contribution in [2.24, 2.45) is 0 Å². The van der Waals surface area contributed by atoms with Crippen molar-refractivity contribution in [3.63, 3.8) is 0 Å². The topological polar surface area (TPSA) is 29.5 Å². The molecule has 4 heteroatoms. The summed E-state index contributed by atoms with van der Waals surface area (Å²) in [5.41, 5.74) is 1.10. The molecule has 0 spiro atoms. The summed E-state index contributed by atoms with van der Waals surface area (Å²) in [5.74, 6) is 0.939. The van der Waals surface area contributed by atoms with Crippen LogP contribution in [0.5, 0.6) is 5.75 Å². The van der Waals surface area contributed by atoms with Gasteiger partial charge in [-0.25, -0.2) is 0 Å². The highest BCUT2D eigenvalue weighted by Crippen LogP contribution is 2.23. The average molecular weight is 286 g/mol. The van der Waals surface area contributed by atoms with Crippen LogP contribution in [0.3, 0.4) is 0 Å². The third-order valence-corrected chi connectivity index (χ3v) is 2.99. The Labute approximate surface area is 105 Å². The van der Waals surface area contributed by atoms with Crippen molar-refractivity contribution in [1.82, 2.24) is 4.90 Å². The quantitative estimate of drug-likeness (QED) is 0.851. The van der Waals surface area contributed by atoms with E-state index in [0.717, 1.165) is 22.2 Å². The molecule has 0 fully saturated rings. The number of benzene rings is 1. The molecule has 3 nitrogen and oxygen atoms in total. The van der Waals surface area contributed by atoms with Crippen LogP contribution in [0.4, 0.5) is 0 Å². The minimum absolute atomic E-state index is 0.0777. The maximum atomic E-state index is 11.1. The number of likely N-dealkylation sites (N-methyl/N-ethyl adjacent to an activating group) is 1. The van der Waals surface area contributed by atoms with Crippen molar-refractivity contribution in [3.05, 3.63) is 28.2 Å². The van der Waals surface area contributed by atoms with Crippen LogP contribution in [-0.4, -0.2) is 31.5 Å². The molecule has 16 heavy (non-hydrogen) atoms. The Morgan fingerprint density at radius 3 is 2.75 bits per heavy atom. The monoisotopic (exact) mass is 285 g/mol. The Bertz CT molecular complexity index is 379. The lowest BCUT2D eigenvalue weighted by Gasteiger charge is -2.16. The molecule has 88 valence electrons. The van der Waals surface area contributed by atoms with E-state index in [-0.39, 0.29) is 5.91 Å². The molecule has 0 bridgehead atoms. The fourth-order valence-corrected chi connectivity index (χ4v) is 1.80.